The number of nitrogens with one attached hydrogen (secondary N) is 1. The van der Waals surface area contributed by atoms with Gasteiger partial charge in [-0.15, -0.1) is 6.42 Å². The van der Waals surface area contributed by atoms with E-state index in [9.17, 15) is 0 Å². The second-order valence-corrected chi connectivity index (χ2v) is 5.34. The van der Waals surface area contributed by atoms with Crippen LogP contribution in [0.3, 0.4) is 0 Å². The van der Waals surface area contributed by atoms with Crippen LogP contribution in [0.25, 0.3) is 11.0 Å². The van der Waals surface area contributed by atoms with Gasteiger partial charge in [-0.25, -0.2) is 9.98 Å². The largest absolute Gasteiger partial charge is 0.481 e. The van der Waals surface area contributed by atoms with E-state index in [4.69, 9.17) is 16.9 Å². The number of aromatic nitrogens is 2. The summed E-state index contributed by atoms with van der Waals surface area (Å²) in [5.74, 6) is 4.14. The maximum atomic E-state index is 5.96. The molecule has 1 aromatic heterocycles. The number of benzene rings is 2. The fourth-order valence-electron chi connectivity index (χ4n) is 2.87. The Morgan fingerprint density at radius 2 is 2.00 bits per heavy atom. The van der Waals surface area contributed by atoms with Crippen molar-refractivity contribution in [2.24, 2.45) is 10.7 Å². The Hall–Kier alpha value is -3.46. The van der Waals surface area contributed by atoms with Crippen molar-refractivity contribution in [2.45, 2.75) is 6.17 Å². The first-order valence-electron chi connectivity index (χ1n) is 7.50. The van der Waals surface area contributed by atoms with Gasteiger partial charge in [-0.2, -0.15) is 0 Å². The Balaban J connectivity index is 1.90. The van der Waals surface area contributed by atoms with Crippen LogP contribution in [-0.2, 0) is 0 Å². The molecule has 6 nitrogen and oxygen atoms in total. The lowest BCUT2D eigenvalue weighted by atomic mass is 10.1. The minimum Gasteiger partial charge on any atom is -0.481 e. The van der Waals surface area contributed by atoms with Gasteiger partial charge in [-0.3, -0.25) is 9.88 Å². The van der Waals surface area contributed by atoms with Gasteiger partial charge in [0.15, 0.2) is 12.1 Å². The highest BCUT2D eigenvalue weighted by atomic mass is 16.5. The minimum absolute atomic E-state index is 0.193. The van der Waals surface area contributed by atoms with Crippen molar-refractivity contribution in [2.75, 3.05) is 11.9 Å². The first-order valence-corrected chi connectivity index (χ1v) is 7.50. The summed E-state index contributed by atoms with van der Waals surface area (Å²) in [7, 11) is 0. The van der Waals surface area contributed by atoms with Crippen LogP contribution in [-0.4, -0.2) is 22.1 Å². The Bertz CT molecular complexity index is 982. The van der Waals surface area contributed by atoms with E-state index in [2.05, 4.69) is 21.2 Å². The van der Waals surface area contributed by atoms with Gasteiger partial charge in [0.25, 0.3) is 0 Å². The fraction of sp³-hybridized carbons (Fsp3) is 0.111. The van der Waals surface area contributed by atoms with Crippen LogP contribution in [0.4, 0.5) is 5.95 Å². The van der Waals surface area contributed by atoms with Crippen molar-refractivity contribution in [3.8, 4) is 18.1 Å². The minimum atomic E-state index is -0.373. The van der Waals surface area contributed by atoms with Crippen LogP contribution in [0, 0.1) is 12.3 Å². The SMILES string of the molecule is C#CCOc1ccccc1C1N=C(N)Nc2nc3ccccc3n21. The van der Waals surface area contributed by atoms with Gasteiger partial charge in [-0.1, -0.05) is 36.3 Å². The van der Waals surface area contributed by atoms with Crippen molar-refractivity contribution in [3.63, 3.8) is 0 Å². The molecule has 2 aromatic carbocycles. The number of ether oxygens (including phenoxy) is 1. The predicted octanol–water partition coefficient (Wildman–Crippen LogP) is 2.34. The number of fused-ring (bicyclic) bond motifs is 3. The zero-order chi connectivity index (χ0) is 16.5. The quantitative estimate of drug-likeness (QED) is 0.727. The average Bonchev–Trinajstić information content (AvgIpc) is 2.97. The number of para-hydroxylation sites is 3. The van der Waals surface area contributed by atoms with Gasteiger partial charge in [0.05, 0.1) is 11.0 Å². The lowest BCUT2D eigenvalue weighted by Gasteiger charge is -2.25. The third-order valence-corrected chi connectivity index (χ3v) is 3.85. The number of anilines is 1. The van der Waals surface area contributed by atoms with Crippen LogP contribution >= 0.6 is 0 Å². The third-order valence-electron chi connectivity index (χ3n) is 3.85. The standard InChI is InChI=1S/C18H15N5O/c1-2-11-24-15-10-6-3-7-12(15)16-21-17(19)22-18-20-13-8-4-5-9-14(13)23(16)18/h1,3-10,16H,11H2,(H3,19,20,21,22). The summed E-state index contributed by atoms with van der Waals surface area (Å²) in [5, 5.41) is 3.02. The van der Waals surface area contributed by atoms with E-state index in [1.54, 1.807) is 0 Å². The molecule has 0 aliphatic carbocycles. The zero-order valence-electron chi connectivity index (χ0n) is 12.8. The van der Waals surface area contributed by atoms with Crippen molar-refractivity contribution < 1.29 is 4.74 Å². The van der Waals surface area contributed by atoms with Crippen LogP contribution in [0.15, 0.2) is 53.5 Å². The van der Waals surface area contributed by atoms with Crippen molar-refractivity contribution in [1.29, 1.82) is 0 Å². The number of aliphatic imine (C=N–C) groups is 1. The van der Waals surface area contributed by atoms with Gasteiger partial charge < -0.3 is 10.5 Å². The van der Waals surface area contributed by atoms with E-state index in [0.717, 1.165) is 16.6 Å². The highest BCUT2D eigenvalue weighted by Crippen LogP contribution is 2.36. The number of nitrogens with zero attached hydrogens (tertiary/aromatic N) is 3. The van der Waals surface area contributed by atoms with Crippen molar-refractivity contribution in [3.05, 3.63) is 54.1 Å². The molecule has 0 radical (unpaired) electrons. The highest BCUT2D eigenvalue weighted by Gasteiger charge is 2.27. The molecule has 1 aliphatic heterocycles. The Morgan fingerprint density at radius 3 is 2.88 bits per heavy atom. The molecule has 0 fully saturated rings. The lowest BCUT2D eigenvalue weighted by molar-refractivity contribution is 0.361. The van der Waals surface area contributed by atoms with Crippen LogP contribution in [0.5, 0.6) is 5.75 Å². The van der Waals surface area contributed by atoms with E-state index >= 15 is 0 Å². The molecule has 118 valence electrons. The van der Waals surface area contributed by atoms with E-state index in [1.165, 1.54) is 0 Å². The van der Waals surface area contributed by atoms with Crippen LogP contribution in [0.1, 0.15) is 11.7 Å². The molecule has 4 rings (SSSR count). The Labute approximate surface area is 139 Å². The van der Waals surface area contributed by atoms with Crippen LogP contribution in [0.2, 0.25) is 0 Å². The van der Waals surface area contributed by atoms with Gasteiger partial charge >= 0.3 is 0 Å². The molecule has 24 heavy (non-hydrogen) atoms. The van der Waals surface area contributed by atoms with Crippen molar-refractivity contribution >= 4 is 22.9 Å². The first-order chi connectivity index (χ1) is 11.8. The number of hydrogen-bond acceptors (Lipinski definition) is 5. The average molecular weight is 317 g/mol. The number of rotatable bonds is 3. The second kappa shape index (κ2) is 5.63. The molecule has 0 amide bonds. The summed E-state index contributed by atoms with van der Waals surface area (Å²) in [4.78, 5) is 9.15. The summed E-state index contributed by atoms with van der Waals surface area (Å²) in [5.41, 5.74) is 8.68. The normalized spacial score (nSPS) is 16.0. The predicted molar refractivity (Wildman–Crippen MR) is 93.9 cm³/mol. The second-order valence-electron chi connectivity index (χ2n) is 5.34. The van der Waals surface area contributed by atoms with Crippen LogP contribution < -0.4 is 15.8 Å². The smallest absolute Gasteiger partial charge is 0.212 e. The summed E-state index contributed by atoms with van der Waals surface area (Å²) in [6, 6.07) is 15.5. The maximum Gasteiger partial charge on any atom is 0.212 e. The molecule has 0 spiro atoms. The monoisotopic (exact) mass is 317 g/mol. The van der Waals surface area contributed by atoms with E-state index in [0.29, 0.717) is 17.7 Å². The van der Waals surface area contributed by atoms with Gasteiger partial charge in [0, 0.05) is 5.56 Å². The lowest BCUT2D eigenvalue weighted by Crippen LogP contribution is -2.31. The van der Waals surface area contributed by atoms with Gasteiger partial charge in [0.2, 0.25) is 5.95 Å². The zero-order valence-corrected chi connectivity index (χ0v) is 12.8. The molecule has 3 N–H and O–H groups in total. The molecule has 1 unspecified atom stereocenters. The molecule has 2 heterocycles. The van der Waals surface area contributed by atoms with Gasteiger partial charge in [0.1, 0.15) is 12.4 Å². The number of nitrogens with two attached hydrogens (primary N) is 1. The van der Waals surface area contributed by atoms with Crippen molar-refractivity contribution in [1.82, 2.24) is 9.55 Å². The first kappa shape index (κ1) is 14.2. The molecule has 3 aromatic rings. The maximum absolute atomic E-state index is 5.96. The summed E-state index contributed by atoms with van der Waals surface area (Å²) in [6.45, 7) is 0.193. The molecule has 0 saturated heterocycles. The Morgan fingerprint density at radius 1 is 1.21 bits per heavy atom. The van der Waals surface area contributed by atoms with Gasteiger partial charge in [-0.05, 0) is 18.2 Å². The summed E-state index contributed by atoms with van der Waals surface area (Å²) < 4.78 is 7.68. The number of imidazole rings is 1. The highest BCUT2D eigenvalue weighted by molar-refractivity contribution is 5.94. The Kier molecular flexibility index (Phi) is 3.32. The topological polar surface area (TPSA) is 77.5 Å². The summed E-state index contributed by atoms with van der Waals surface area (Å²) >= 11 is 0. The number of terminal acetylenes is 1. The number of hydrogen-bond donors (Lipinski definition) is 2. The summed E-state index contributed by atoms with van der Waals surface area (Å²) in [6.07, 6.45) is 4.94. The van der Waals surface area contributed by atoms with E-state index in [1.807, 2.05) is 53.1 Å². The molecule has 0 saturated carbocycles. The molecular formula is C18H15N5O. The van der Waals surface area contributed by atoms with E-state index < -0.39 is 0 Å². The fourth-order valence-corrected chi connectivity index (χ4v) is 2.87. The molecule has 6 heteroatoms. The number of guanidine groups is 1. The third kappa shape index (κ3) is 2.23. The van der Waals surface area contributed by atoms with E-state index in [-0.39, 0.29) is 12.8 Å². The molecule has 1 aliphatic rings. The molecular weight excluding hydrogens is 302 g/mol. The molecule has 0 bridgehead atoms. The molecule has 1 atom stereocenters.